The number of hydrogen-bond donors (Lipinski definition) is 1. The summed E-state index contributed by atoms with van der Waals surface area (Å²) in [5, 5.41) is 6.64. The third kappa shape index (κ3) is 3.96. The lowest BCUT2D eigenvalue weighted by molar-refractivity contribution is -0.114. The first kappa shape index (κ1) is 17.2. The fourth-order valence-corrected chi connectivity index (χ4v) is 3.63. The minimum absolute atomic E-state index is 0.176. The van der Waals surface area contributed by atoms with Crippen molar-refractivity contribution in [3.8, 4) is 0 Å². The molecule has 0 aliphatic rings. The van der Waals surface area contributed by atoms with Gasteiger partial charge in [-0.3, -0.25) is 9.48 Å². The average molecular weight is 336 g/mol. The van der Waals surface area contributed by atoms with E-state index in [0.717, 1.165) is 5.56 Å². The minimum atomic E-state index is -3.67. The number of carbonyl (C=O) groups excluding carboxylic acids is 1. The van der Waals surface area contributed by atoms with Gasteiger partial charge in [-0.05, 0) is 24.6 Å². The monoisotopic (exact) mass is 336 g/mol. The van der Waals surface area contributed by atoms with Gasteiger partial charge in [0.15, 0.2) is 0 Å². The maximum absolute atomic E-state index is 12.8. The van der Waals surface area contributed by atoms with Crippen LogP contribution in [0, 0.1) is 6.92 Å². The van der Waals surface area contributed by atoms with Gasteiger partial charge in [0.25, 0.3) is 0 Å². The topological polar surface area (TPSA) is 84.3 Å². The molecule has 0 aliphatic heterocycles. The van der Waals surface area contributed by atoms with Crippen LogP contribution in [0.15, 0.2) is 35.5 Å². The summed E-state index contributed by atoms with van der Waals surface area (Å²) in [6.45, 7) is 3.32. The molecule has 0 aliphatic carbocycles. The number of aryl methyl sites for hydroxylation is 2. The molecule has 0 fully saturated rings. The van der Waals surface area contributed by atoms with Crippen molar-refractivity contribution in [2.75, 3.05) is 12.4 Å². The molecule has 1 aromatic carbocycles. The summed E-state index contributed by atoms with van der Waals surface area (Å²) < 4.78 is 28.5. The van der Waals surface area contributed by atoms with Crippen LogP contribution in [-0.4, -0.2) is 35.5 Å². The molecule has 0 saturated carbocycles. The standard InChI is InChI=1S/C15H20N4O3S/c1-11-5-6-14(17-12(2)20)7-15(11)23(21,22)19(4)10-13-8-16-18(3)9-13/h5-9H,10H2,1-4H3,(H,17,20). The van der Waals surface area contributed by atoms with Crippen molar-refractivity contribution in [1.29, 1.82) is 0 Å². The fraction of sp³-hybridized carbons (Fsp3) is 0.333. The second-order valence-electron chi connectivity index (χ2n) is 5.44. The van der Waals surface area contributed by atoms with E-state index in [1.54, 1.807) is 43.2 Å². The number of aromatic nitrogens is 2. The van der Waals surface area contributed by atoms with Crippen LogP contribution in [-0.2, 0) is 28.4 Å². The molecule has 0 saturated heterocycles. The zero-order chi connectivity index (χ0) is 17.2. The van der Waals surface area contributed by atoms with E-state index in [-0.39, 0.29) is 17.3 Å². The van der Waals surface area contributed by atoms with Gasteiger partial charge in [-0.2, -0.15) is 9.40 Å². The molecular formula is C15H20N4O3S. The first-order valence-corrected chi connectivity index (χ1v) is 8.46. The van der Waals surface area contributed by atoms with E-state index >= 15 is 0 Å². The van der Waals surface area contributed by atoms with Crippen LogP contribution < -0.4 is 5.32 Å². The summed E-state index contributed by atoms with van der Waals surface area (Å²) >= 11 is 0. The van der Waals surface area contributed by atoms with Crippen LogP contribution in [0.4, 0.5) is 5.69 Å². The summed E-state index contributed by atoms with van der Waals surface area (Å²) in [7, 11) is -0.374. The second-order valence-corrected chi connectivity index (χ2v) is 7.46. The number of amides is 1. The predicted molar refractivity (Wildman–Crippen MR) is 87.3 cm³/mol. The van der Waals surface area contributed by atoms with Crippen molar-refractivity contribution in [1.82, 2.24) is 14.1 Å². The Labute approximate surface area is 136 Å². The van der Waals surface area contributed by atoms with Gasteiger partial charge in [-0.1, -0.05) is 6.07 Å². The smallest absolute Gasteiger partial charge is 0.243 e. The third-order valence-electron chi connectivity index (χ3n) is 3.36. The van der Waals surface area contributed by atoms with Crippen molar-refractivity contribution in [2.24, 2.45) is 7.05 Å². The Bertz CT molecular complexity index is 827. The SMILES string of the molecule is CC(=O)Nc1ccc(C)c(S(=O)(=O)N(C)Cc2cnn(C)c2)c1. The van der Waals surface area contributed by atoms with E-state index in [0.29, 0.717) is 11.3 Å². The number of benzene rings is 1. The van der Waals surface area contributed by atoms with Crippen molar-refractivity contribution in [3.63, 3.8) is 0 Å². The highest BCUT2D eigenvalue weighted by atomic mass is 32.2. The van der Waals surface area contributed by atoms with Crippen LogP contribution in [0.1, 0.15) is 18.1 Å². The Morgan fingerprint density at radius 1 is 1.39 bits per heavy atom. The van der Waals surface area contributed by atoms with Crippen molar-refractivity contribution >= 4 is 21.6 Å². The zero-order valence-electron chi connectivity index (χ0n) is 13.6. The number of rotatable bonds is 5. The molecule has 1 heterocycles. The Kier molecular flexibility index (Phi) is 4.86. The van der Waals surface area contributed by atoms with Gasteiger partial charge < -0.3 is 5.32 Å². The lowest BCUT2D eigenvalue weighted by Crippen LogP contribution is -2.27. The van der Waals surface area contributed by atoms with Crippen LogP contribution in [0.5, 0.6) is 0 Å². The maximum Gasteiger partial charge on any atom is 0.243 e. The van der Waals surface area contributed by atoms with Gasteiger partial charge in [0, 0.05) is 45.0 Å². The van der Waals surface area contributed by atoms with Crippen LogP contribution >= 0.6 is 0 Å². The van der Waals surface area contributed by atoms with Crippen molar-refractivity contribution in [3.05, 3.63) is 41.7 Å². The molecule has 2 rings (SSSR count). The number of carbonyl (C=O) groups is 1. The van der Waals surface area contributed by atoms with Crippen molar-refractivity contribution in [2.45, 2.75) is 25.3 Å². The molecule has 0 unspecified atom stereocenters. The number of anilines is 1. The Hall–Kier alpha value is -2.19. The Morgan fingerprint density at radius 2 is 2.09 bits per heavy atom. The molecule has 0 radical (unpaired) electrons. The molecular weight excluding hydrogens is 316 g/mol. The molecule has 124 valence electrons. The van der Waals surface area contributed by atoms with Crippen molar-refractivity contribution < 1.29 is 13.2 Å². The van der Waals surface area contributed by atoms with Gasteiger partial charge in [-0.15, -0.1) is 0 Å². The predicted octanol–water partition coefficient (Wildman–Crippen LogP) is 1.51. The summed E-state index contributed by atoms with van der Waals surface area (Å²) in [5.41, 5.74) is 1.88. The summed E-state index contributed by atoms with van der Waals surface area (Å²) in [6.07, 6.45) is 3.40. The molecule has 8 heteroatoms. The van der Waals surface area contributed by atoms with Crippen LogP contribution in [0.3, 0.4) is 0 Å². The highest BCUT2D eigenvalue weighted by Crippen LogP contribution is 2.24. The van der Waals surface area contributed by atoms with Gasteiger partial charge in [-0.25, -0.2) is 8.42 Å². The summed E-state index contributed by atoms with van der Waals surface area (Å²) in [4.78, 5) is 11.3. The Morgan fingerprint density at radius 3 is 2.65 bits per heavy atom. The highest BCUT2D eigenvalue weighted by molar-refractivity contribution is 7.89. The lowest BCUT2D eigenvalue weighted by atomic mass is 10.2. The molecule has 0 atom stereocenters. The number of nitrogens with zero attached hydrogens (tertiary/aromatic N) is 3. The molecule has 1 amide bonds. The van der Waals surface area contributed by atoms with Crippen LogP contribution in [0.25, 0.3) is 0 Å². The summed E-state index contributed by atoms with van der Waals surface area (Å²) in [6, 6.07) is 4.83. The minimum Gasteiger partial charge on any atom is -0.326 e. The van der Waals surface area contributed by atoms with E-state index in [4.69, 9.17) is 0 Å². The van der Waals surface area contributed by atoms with E-state index in [2.05, 4.69) is 10.4 Å². The van der Waals surface area contributed by atoms with E-state index < -0.39 is 10.0 Å². The molecule has 0 bridgehead atoms. The fourth-order valence-electron chi connectivity index (χ4n) is 2.22. The third-order valence-corrected chi connectivity index (χ3v) is 5.31. The van der Waals surface area contributed by atoms with Crippen LogP contribution in [0.2, 0.25) is 0 Å². The normalized spacial score (nSPS) is 11.7. The van der Waals surface area contributed by atoms with Gasteiger partial charge in [0.2, 0.25) is 15.9 Å². The van der Waals surface area contributed by atoms with Gasteiger partial charge >= 0.3 is 0 Å². The molecule has 1 aromatic heterocycles. The molecule has 2 aromatic rings. The number of sulfonamides is 1. The molecule has 1 N–H and O–H groups in total. The molecule has 0 spiro atoms. The molecule has 7 nitrogen and oxygen atoms in total. The van der Waals surface area contributed by atoms with E-state index in [9.17, 15) is 13.2 Å². The highest BCUT2D eigenvalue weighted by Gasteiger charge is 2.23. The van der Waals surface area contributed by atoms with E-state index in [1.165, 1.54) is 24.3 Å². The summed E-state index contributed by atoms with van der Waals surface area (Å²) in [5.74, 6) is -0.249. The maximum atomic E-state index is 12.8. The molecule has 23 heavy (non-hydrogen) atoms. The largest absolute Gasteiger partial charge is 0.326 e. The second kappa shape index (κ2) is 6.51. The first-order valence-electron chi connectivity index (χ1n) is 7.02. The number of nitrogens with one attached hydrogen (secondary N) is 1. The lowest BCUT2D eigenvalue weighted by Gasteiger charge is -2.18. The van der Waals surface area contributed by atoms with E-state index in [1.807, 2.05) is 0 Å². The first-order chi connectivity index (χ1) is 10.7. The Balaban J connectivity index is 2.32. The number of hydrogen-bond acceptors (Lipinski definition) is 4. The quantitative estimate of drug-likeness (QED) is 0.897. The van der Waals surface area contributed by atoms with Gasteiger partial charge in [0.1, 0.15) is 0 Å². The average Bonchev–Trinajstić information content (AvgIpc) is 2.85. The zero-order valence-corrected chi connectivity index (χ0v) is 14.4. The van der Waals surface area contributed by atoms with Gasteiger partial charge in [0.05, 0.1) is 11.1 Å².